The van der Waals surface area contributed by atoms with Gasteiger partial charge < -0.3 is 4.57 Å². The Morgan fingerprint density at radius 1 is 1.12 bits per heavy atom. The van der Waals surface area contributed by atoms with Crippen LogP contribution in [0.3, 0.4) is 0 Å². The van der Waals surface area contributed by atoms with Crippen molar-refractivity contribution >= 4 is 0 Å². The molecule has 0 spiro atoms. The van der Waals surface area contributed by atoms with E-state index >= 15 is 0 Å². The monoisotopic (exact) mass is 214 g/mol. The Morgan fingerprint density at radius 3 is 2.75 bits per heavy atom. The number of hydroxylamine groups is 2. The van der Waals surface area contributed by atoms with Gasteiger partial charge in [0.2, 0.25) is 0 Å². The van der Waals surface area contributed by atoms with Crippen LogP contribution in [0.5, 0.6) is 0 Å². The van der Waals surface area contributed by atoms with Gasteiger partial charge in [0.15, 0.2) is 0 Å². The van der Waals surface area contributed by atoms with E-state index in [0.717, 1.165) is 0 Å². The summed E-state index contributed by atoms with van der Waals surface area (Å²) in [5.74, 6) is 0. The molecule has 3 rings (SSSR count). The van der Waals surface area contributed by atoms with Gasteiger partial charge in [-0.05, 0) is 17.7 Å². The van der Waals surface area contributed by atoms with Gasteiger partial charge >= 0.3 is 0 Å². The fourth-order valence-electron chi connectivity index (χ4n) is 2.22. The second-order valence-electron chi connectivity index (χ2n) is 4.02. The van der Waals surface area contributed by atoms with E-state index < -0.39 is 0 Å². The molecule has 0 saturated heterocycles. The molecule has 3 heteroatoms. The Labute approximate surface area is 94.8 Å². The molecule has 0 fully saturated rings. The first-order chi connectivity index (χ1) is 7.86. The molecular formula is C13H14N2O. The van der Waals surface area contributed by atoms with E-state index in [1.165, 1.54) is 11.3 Å². The number of fused-ring (bicyclic) bond motifs is 1. The highest BCUT2D eigenvalue weighted by molar-refractivity contribution is 5.28. The van der Waals surface area contributed by atoms with Crippen molar-refractivity contribution in [3.8, 4) is 0 Å². The third-order valence-electron chi connectivity index (χ3n) is 3.02. The highest BCUT2D eigenvalue weighted by Crippen LogP contribution is 2.31. The summed E-state index contributed by atoms with van der Waals surface area (Å²) in [6.45, 7) is 0.599. The molecule has 2 aromatic rings. The molecule has 1 aromatic heterocycles. The Balaban J connectivity index is 2.08. The second kappa shape index (κ2) is 3.77. The lowest BCUT2D eigenvalue weighted by atomic mass is 10.0. The Hall–Kier alpha value is -1.58. The average molecular weight is 214 g/mol. The van der Waals surface area contributed by atoms with Crippen LogP contribution in [0, 0.1) is 0 Å². The van der Waals surface area contributed by atoms with E-state index in [-0.39, 0.29) is 6.04 Å². The van der Waals surface area contributed by atoms with Crippen LogP contribution in [0.15, 0.2) is 48.7 Å². The summed E-state index contributed by atoms with van der Waals surface area (Å²) in [5.41, 5.74) is 2.53. The van der Waals surface area contributed by atoms with Crippen molar-refractivity contribution in [3.05, 3.63) is 59.9 Å². The predicted molar refractivity (Wildman–Crippen MR) is 61.6 cm³/mol. The molecule has 2 heterocycles. The van der Waals surface area contributed by atoms with Gasteiger partial charge in [0, 0.05) is 18.9 Å². The van der Waals surface area contributed by atoms with Crippen LogP contribution < -0.4 is 0 Å². The molecule has 1 aromatic carbocycles. The molecular weight excluding hydrogens is 200 g/mol. The quantitative estimate of drug-likeness (QED) is 0.725. The average Bonchev–Trinajstić information content (AvgIpc) is 2.78. The molecule has 1 atom stereocenters. The van der Waals surface area contributed by atoms with Crippen molar-refractivity contribution in [2.24, 2.45) is 0 Å². The van der Waals surface area contributed by atoms with Crippen molar-refractivity contribution in [2.75, 3.05) is 7.05 Å². The van der Waals surface area contributed by atoms with Gasteiger partial charge in [-0.15, -0.1) is 0 Å². The summed E-state index contributed by atoms with van der Waals surface area (Å²) in [4.78, 5) is 5.63. The first-order valence-corrected chi connectivity index (χ1v) is 5.42. The summed E-state index contributed by atoms with van der Waals surface area (Å²) in [7, 11) is 1.98. The highest BCUT2D eigenvalue weighted by Gasteiger charge is 2.26. The first kappa shape index (κ1) is 9.63. The first-order valence-electron chi connectivity index (χ1n) is 5.42. The number of rotatable bonds is 1. The molecule has 0 radical (unpaired) electrons. The zero-order valence-corrected chi connectivity index (χ0v) is 9.21. The van der Waals surface area contributed by atoms with Gasteiger partial charge in [-0.1, -0.05) is 30.3 Å². The number of benzene rings is 1. The summed E-state index contributed by atoms with van der Waals surface area (Å²) in [6, 6.07) is 14.8. The third kappa shape index (κ3) is 1.45. The van der Waals surface area contributed by atoms with E-state index in [4.69, 9.17) is 4.84 Å². The van der Waals surface area contributed by atoms with Crippen molar-refractivity contribution in [1.29, 1.82) is 0 Å². The lowest BCUT2D eigenvalue weighted by Crippen LogP contribution is -2.33. The molecule has 16 heavy (non-hydrogen) atoms. The van der Waals surface area contributed by atoms with Crippen molar-refractivity contribution in [3.63, 3.8) is 0 Å². The molecule has 1 unspecified atom stereocenters. The summed E-state index contributed by atoms with van der Waals surface area (Å²) < 4.78 is 2.14. The molecule has 0 N–H and O–H groups in total. The highest BCUT2D eigenvalue weighted by atomic mass is 16.7. The fourth-order valence-corrected chi connectivity index (χ4v) is 2.22. The fraction of sp³-hybridized carbons (Fsp3) is 0.231. The van der Waals surface area contributed by atoms with E-state index in [2.05, 4.69) is 47.2 Å². The minimum Gasteiger partial charge on any atom is -0.324 e. The van der Waals surface area contributed by atoms with Crippen LogP contribution >= 0.6 is 0 Å². The van der Waals surface area contributed by atoms with Gasteiger partial charge in [0.05, 0.1) is 0 Å². The van der Waals surface area contributed by atoms with Crippen LogP contribution in [0.2, 0.25) is 0 Å². The van der Waals surface area contributed by atoms with Crippen LogP contribution in [0.4, 0.5) is 0 Å². The molecule has 0 bridgehead atoms. The van der Waals surface area contributed by atoms with E-state index in [0.29, 0.717) is 6.73 Å². The van der Waals surface area contributed by atoms with Crippen molar-refractivity contribution in [1.82, 2.24) is 9.63 Å². The molecule has 82 valence electrons. The summed E-state index contributed by atoms with van der Waals surface area (Å²) >= 11 is 0. The minimum atomic E-state index is 0.185. The van der Waals surface area contributed by atoms with Gasteiger partial charge in [0.1, 0.15) is 12.8 Å². The molecule has 3 nitrogen and oxygen atoms in total. The van der Waals surface area contributed by atoms with E-state index in [1.807, 2.05) is 18.2 Å². The normalized spacial score (nSPS) is 20.7. The standard InChI is InChI=1S/C13H14N2O/c1-14-13(11-6-3-2-4-7-11)12-8-5-9-15(12)10-16-14/h2-9,13H,10H2,1H3. The number of nitrogens with zero attached hydrogens (tertiary/aromatic N) is 2. The minimum absolute atomic E-state index is 0.185. The summed E-state index contributed by atoms with van der Waals surface area (Å²) in [5, 5.41) is 1.92. The van der Waals surface area contributed by atoms with Gasteiger partial charge in [-0.25, -0.2) is 0 Å². The van der Waals surface area contributed by atoms with Crippen LogP contribution in [-0.2, 0) is 11.6 Å². The molecule has 1 aliphatic rings. The molecule has 0 amide bonds. The van der Waals surface area contributed by atoms with Gasteiger partial charge in [-0.3, -0.25) is 4.84 Å². The SMILES string of the molecule is CN1OCn2cccc2C1c1ccccc1. The maximum Gasteiger partial charge on any atom is 0.144 e. The maximum atomic E-state index is 5.63. The topological polar surface area (TPSA) is 17.4 Å². The lowest BCUT2D eigenvalue weighted by Gasteiger charge is -2.33. The molecule has 0 saturated carbocycles. The Kier molecular flexibility index (Phi) is 2.27. The van der Waals surface area contributed by atoms with Crippen LogP contribution in [0.1, 0.15) is 17.3 Å². The number of aromatic nitrogens is 1. The third-order valence-corrected chi connectivity index (χ3v) is 3.02. The van der Waals surface area contributed by atoms with Gasteiger partial charge in [-0.2, -0.15) is 5.06 Å². The molecule has 0 aliphatic carbocycles. The van der Waals surface area contributed by atoms with Crippen molar-refractivity contribution in [2.45, 2.75) is 12.8 Å². The van der Waals surface area contributed by atoms with Crippen LogP contribution in [-0.4, -0.2) is 16.7 Å². The van der Waals surface area contributed by atoms with E-state index in [9.17, 15) is 0 Å². The second-order valence-corrected chi connectivity index (χ2v) is 4.02. The molecule has 1 aliphatic heterocycles. The largest absolute Gasteiger partial charge is 0.324 e. The Morgan fingerprint density at radius 2 is 1.94 bits per heavy atom. The van der Waals surface area contributed by atoms with Crippen LogP contribution in [0.25, 0.3) is 0 Å². The van der Waals surface area contributed by atoms with Gasteiger partial charge in [0.25, 0.3) is 0 Å². The smallest absolute Gasteiger partial charge is 0.144 e. The number of hydrogen-bond donors (Lipinski definition) is 0. The summed E-state index contributed by atoms with van der Waals surface area (Å²) in [6.07, 6.45) is 2.05. The number of hydrogen-bond acceptors (Lipinski definition) is 2. The predicted octanol–water partition coefficient (Wildman–Crippen LogP) is 2.41. The Bertz CT molecular complexity index is 478. The zero-order chi connectivity index (χ0) is 11.0. The zero-order valence-electron chi connectivity index (χ0n) is 9.21. The lowest BCUT2D eigenvalue weighted by molar-refractivity contribution is -0.207. The maximum absolute atomic E-state index is 5.63. The van der Waals surface area contributed by atoms with Crippen molar-refractivity contribution < 1.29 is 4.84 Å². The van der Waals surface area contributed by atoms with E-state index in [1.54, 1.807) is 0 Å².